The maximum Gasteiger partial charge on any atom is 0.256 e. The van der Waals surface area contributed by atoms with Gasteiger partial charge in [-0.15, -0.1) is 0 Å². The molecule has 1 heterocycles. The predicted octanol–water partition coefficient (Wildman–Crippen LogP) is 3.75. The van der Waals surface area contributed by atoms with Crippen molar-refractivity contribution in [3.8, 4) is 0 Å². The lowest BCUT2D eigenvalue weighted by Gasteiger charge is -2.10. The molecule has 0 saturated heterocycles. The summed E-state index contributed by atoms with van der Waals surface area (Å²) in [5.74, 6) is -0.370. The monoisotopic (exact) mass is 319 g/mol. The molecule has 3 aromatic rings. The van der Waals surface area contributed by atoms with Crippen LogP contribution in [0.1, 0.15) is 23.0 Å². The van der Waals surface area contributed by atoms with E-state index in [2.05, 4.69) is 15.6 Å². The SMILES string of the molecule is CC(=O)Nc1cccc(NC(=O)c2cc(C)nc3ccccc23)c1. The molecular weight excluding hydrogens is 302 g/mol. The number of aromatic nitrogens is 1. The number of hydrogen-bond donors (Lipinski definition) is 2. The highest BCUT2D eigenvalue weighted by atomic mass is 16.2. The van der Waals surface area contributed by atoms with E-state index in [9.17, 15) is 9.59 Å². The van der Waals surface area contributed by atoms with Crippen molar-refractivity contribution in [1.82, 2.24) is 4.98 Å². The van der Waals surface area contributed by atoms with E-state index in [-0.39, 0.29) is 11.8 Å². The molecule has 0 atom stereocenters. The molecule has 0 spiro atoms. The number of nitrogens with one attached hydrogen (secondary N) is 2. The van der Waals surface area contributed by atoms with Crippen LogP contribution in [0, 0.1) is 6.92 Å². The van der Waals surface area contributed by atoms with Crippen LogP contribution in [-0.2, 0) is 4.79 Å². The number of fused-ring (bicyclic) bond motifs is 1. The van der Waals surface area contributed by atoms with Crippen molar-refractivity contribution < 1.29 is 9.59 Å². The third kappa shape index (κ3) is 3.41. The molecule has 0 radical (unpaired) electrons. The first-order chi connectivity index (χ1) is 11.5. The van der Waals surface area contributed by atoms with Crippen LogP contribution in [0.3, 0.4) is 0 Å². The van der Waals surface area contributed by atoms with Gasteiger partial charge in [-0.05, 0) is 37.3 Å². The molecule has 0 aliphatic carbocycles. The normalized spacial score (nSPS) is 10.4. The van der Waals surface area contributed by atoms with Crippen molar-refractivity contribution in [3.05, 3.63) is 65.9 Å². The fraction of sp³-hybridized carbons (Fsp3) is 0.105. The molecule has 0 bridgehead atoms. The minimum atomic E-state index is -0.211. The number of rotatable bonds is 3. The Bertz CT molecular complexity index is 935. The van der Waals surface area contributed by atoms with Crippen molar-refractivity contribution in [2.24, 2.45) is 0 Å². The van der Waals surface area contributed by atoms with Gasteiger partial charge in [-0.25, -0.2) is 0 Å². The highest BCUT2D eigenvalue weighted by Crippen LogP contribution is 2.21. The smallest absolute Gasteiger partial charge is 0.256 e. The molecule has 2 amide bonds. The second kappa shape index (κ2) is 6.50. The fourth-order valence-corrected chi connectivity index (χ4v) is 2.57. The third-order valence-corrected chi connectivity index (χ3v) is 3.53. The molecule has 1 aromatic heterocycles. The lowest BCUT2D eigenvalue weighted by Crippen LogP contribution is -2.13. The Morgan fingerprint density at radius 3 is 2.38 bits per heavy atom. The maximum absolute atomic E-state index is 12.7. The van der Waals surface area contributed by atoms with E-state index in [0.717, 1.165) is 16.6 Å². The van der Waals surface area contributed by atoms with E-state index in [1.54, 1.807) is 30.3 Å². The molecule has 5 heteroatoms. The maximum atomic E-state index is 12.7. The molecule has 0 aliphatic heterocycles. The van der Waals surface area contributed by atoms with Crippen LogP contribution < -0.4 is 10.6 Å². The van der Waals surface area contributed by atoms with Gasteiger partial charge < -0.3 is 10.6 Å². The third-order valence-electron chi connectivity index (χ3n) is 3.53. The lowest BCUT2D eigenvalue weighted by atomic mass is 10.1. The summed E-state index contributed by atoms with van der Waals surface area (Å²) in [5.41, 5.74) is 3.39. The molecule has 0 aliphatic rings. The quantitative estimate of drug-likeness (QED) is 0.772. The number of amides is 2. The Kier molecular flexibility index (Phi) is 4.24. The van der Waals surface area contributed by atoms with Gasteiger partial charge in [-0.1, -0.05) is 24.3 Å². The largest absolute Gasteiger partial charge is 0.326 e. The number of hydrogen-bond acceptors (Lipinski definition) is 3. The molecule has 3 rings (SSSR count). The Morgan fingerprint density at radius 1 is 0.917 bits per heavy atom. The summed E-state index contributed by atoms with van der Waals surface area (Å²) in [6, 6.07) is 16.4. The van der Waals surface area contributed by atoms with Crippen molar-refractivity contribution >= 4 is 34.1 Å². The Balaban J connectivity index is 1.92. The second-order valence-corrected chi connectivity index (χ2v) is 5.54. The number of para-hydroxylation sites is 1. The number of pyridine rings is 1. The first-order valence-electron chi connectivity index (χ1n) is 7.58. The van der Waals surface area contributed by atoms with E-state index >= 15 is 0 Å². The number of benzene rings is 2. The Morgan fingerprint density at radius 2 is 1.62 bits per heavy atom. The highest BCUT2D eigenvalue weighted by Gasteiger charge is 2.12. The van der Waals surface area contributed by atoms with Gasteiger partial charge in [0.15, 0.2) is 0 Å². The van der Waals surface area contributed by atoms with Gasteiger partial charge in [-0.3, -0.25) is 14.6 Å². The molecule has 0 fully saturated rings. The van der Waals surface area contributed by atoms with Crippen LogP contribution in [0.4, 0.5) is 11.4 Å². The topological polar surface area (TPSA) is 71.1 Å². The minimum Gasteiger partial charge on any atom is -0.326 e. The van der Waals surface area contributed by atoms with E-state index in [1.165, 1.54) is 6.92 Å². The summed E-state index contributed by atoms with van der Waals surface area (Å²) in [5, 5.41) is 6.37. The van der Waals surface area contributed by atoms with Gasteiger partial charge in [0.25, 0.3) is 5.91 Å². The molecule has 0 saturated carbocycles. The van der Waals surface area contributed by atoms with Crippen molar-refractivity contribution in [2.75, 3.05) is 10.6 Å². The van der Waals surface area contributed by atoms with E-state index in [1.807, 2.05) is 31.2 Å². The van der Waals surface area contributed by atoms with Gasteiger partial charge in [0.2, 0.25) is 5.91 Å². The number of anilines is 2. The second-order valence-electron chi connectivity index (χ2n) is 5.54. The van der Waals surface area contributed by atoms with Gasteiger partial charge in [0.05, 0.1) is 11.1 Å². The van der Waals surface area contributed by atoms with E-state index in [0.29, 0.717) is 16.9 Å². The fourth-order valence-electron chi connectivity index (χ4n) is 2.57. The van der Waals surface area contributed by atoms with Crippen LogP contribution >= 0.6 is 0 Å². The predicted molar refractivity (Wildman–Crippen MR) is 95.2 cm³/mol. The highest BCUT2D eigenvalue weighted by molar-refractivity contribution is 6.12. The number of carbonyl (C=O) groups excluding carboxylic acids is 2. The van der Waals surface area contributed by atoms with Crippen molar-refractivity contribution in [3.63, 3.8) is 0 Å². The van der Waals surface area contributed by atoms with Crippen LogP contribution in [0.25, 0.3) is 10.9 Å². The zero-order valence-corrected chi connectivity index (χ0v) is 13.5. The molecular formula is C19H17N3O2. The summed E-state index contributed by atoms with van der Waals surface area (Å²) in [7, 11) is 0. The molecule has 0 unspecified atom stereocenters. The van der Waals surface area contributed by atoms with Crippen molar-refractivity contribution in [1.29, 1.82) is 0 Å². The van der Waals surface area contributed by atoms with Crippen molar-refractivity contribution in [2.45, 2.75) is 13.8 Å². The van der Waals surface area contributed by atoms with E-state index < -0.39 is 0 Å². The standard InChI is InChI=1S/C19H17N3O2/c1-12-10-17(16-8-3-4-9-18(16)20-12)19(24)22-15-7-5-6-14(11-15)21-13(2)23/h3-11H,1-2H3,(H,21,23)(H,22,24). The molecule has 5 nitrogen and oxygen atoms in total. The molecule has 2 aromatic carbocycles. The average molecular weight is 319 g/mol. The summed E-state index contributed by atoms with van der Waals surface area (Å²) < 4.78 is 0. The number of aryl methyl sites for hydroxylation is 1. The Labute approximate surface area is 139 Å². The minimum absolute atomic E-state index is 0.158. The lowest BCUT2D eigenvalue weighted by molar-refractivity contribution is -0.114. The zero-order valence-electron chi connectivity index (χ0n) is 13.5. The zero-order chi connectivity index (χ0) is 17.1. The average Bonchev–Trinajstić information content (AvgIpc) is 2.53. The summed E-state index contributed by atoms with van der Waals surface area (Å²) in [6.07, 6.45) is 0. The van der Waals surface area contributed by atoms with Crippen LogP contribution in [0.5, 0.6) is 0 Å². The summed E-state index contributed by atoms with van der Waals surface area (Å²) >= 11 is 0. The van der Waals surface area contributed by atoms with Gasteiger partial charge >= 0.3 is 0 Å². The van der Waals surface area contributed by atoms with Gasteiger partial charge in [0.1, 0.15) is 0 Å². The van der Waals surface area contributed by atoms with Crippen LogP contribution in [0.2, 0.25) is 0 Å². The molecule has 2 N–H and O–H groups in total. The number of carbonyl (C=O) groups is 2. The van der Waals surface area contributed by atoms with Gasteiger partial charge in [-0.2, -0.15) is 0 Å². The van der Waals surface area contributed by atoms with Gasteiger partial charge in [0, 0.05) is 29.4 Å². The molecule has 24 heavy (non-hydrogen) atoms. The summed E-state index contributed by atoms with van der Waals surface area (Å²) in [4.78, 5) is 28.3. The summed E-state index contributed by atoms with van der Waals surface area (Å²) in [6.45, 7) is 3.30. The first kappa shape index (κ1) is 15.7. The first-order valence-corrected chi connectivity index (χ1v) is 7.58. The van der Waals surface area contributed by atoms with E-state index in [4.69, 9.17) is 0 Å². The Hall–Kier alpha value is -3.21. The number of nitrogens with zero attached hydrogens (tertiary/aromatic N) is 1. The molecule has 120 valence electrons. The van der Waals surface area contributed by atoms with Crippen LogP contribution in [0.15, 0.2) is 54.6 Å². The van der Waals surface area contributed by atoms with Crippen LogP contribution in [-0.4, -0.2) is 16.8 Å².